The van der Waals surface area contributed by atoms with E-state index in [0.717, 1.165) is 5.56 Å². The first-order valence-electron chi connectivity index (χ1n) is 9.06. The third-order valence-electron chi connectivity index (χ3n) is 4.68. The molecular formula is C23H27NO2. The number of fused-ring (bicyclic) bond motifs is 3. The van der Waals surface area contributed by atoms with E-state index in [-0.39, 0.29) is 5.41 Å². The molecule has 136 valence electrons. The summed E-state index contributed by atoms with van der Waals surface area (Å²) in [4.78, 5) is 11.7. The Morgan fingerprint density at radius 2 is 1.77 bits per heavy atom. The third kappa shape index (κ3) is 3.67. The van der Waals surface area contributed by atoms with E-state index in [1.54, 1.807) is 0 Å². The lowest BCUT2D eigenvalue weighted by atomic mass is 9.82. The Hall–Kier alpha value is -2.55. The summed E-state index contributed by atoms with van der Waals surface area (Å²) in [5.74, 6) is 0. The average Bonchev–Trinajstić information content (AvgIpc) is 2.78. The highest BCUT2D eigenvalue weighted by Gasteiger charge is 2.34. The van der Waals surface area contributed by atoms with Crippen molar-refractivity contribution in [3.8, 4) is 11.1 Å². The Kier molecular flexibility index (Phi) is 4.66. The molecule has 1 aliphatic carbocycles. The number of carbonyl (C=O) groups excluding carboxylic acids is 1. The minimum atomic E-state index is -0.478. The molecule has 26 heavy (non-hydrogen) atoms. The monoisotopic (exact) mass is 349 g/mol. The van der Waals surface area contributed by atoms with Crippen LogP contribution < -0.4 is 5.32 Å². The van der Waals surface area contributed by atoms with Crippen molar-refractivity contribution in [3.63, 3.8) is 0 Å². The van der Waals surface area contributed by atoms with E-state index in [2.05, 4.69) is 61.6 Å². The van der Waals surface area contributed by atoms with Crippen molar-refractivity contribution in [3.05, 3.63) is 65.2 Å². The van der Waals surface area contributed by atoms with Crippen LogP contribution in [0.4, 0.5) is 4.79 Å². The van der Waals surface area contributed by atoms with Gasteiger partial charge in [0, 0.05) is 12.0 Å². The molecule has 1 amide bonds. The zero-order valence-electron chi connectivity index (χ0n) is 16.2. The Balaban J connectivity index is 1.71. The van der Waals surface area contributed by atoms with Crippen LogP contribution in [0.1, 0.15) is 51.3 Å². The number of nitrogens with one attached hydrogen (secondary N) is 1. The molecule has 0 saturated carbocycles. The van der Waals surface area contributed by atoms with Gasteiger partial charge in [0.1, 0.15) is 5.60 Å². The molecule has 0 radical (unpaired) electrons. The van der Waals surface area contributed by atoms with Crippen LogP contribution in [-0.4, -0.2) is 18.2 Å². The molecule has 0 bridgehead atoms. The number of amides is 1. The lowest BCUT2D eigenvalue weighted by Crippen LogP contribution is -2.32. The van der Waals surface area contributed by atoms with Crippen molar-refractivity contribution in [2.24, 2.45) is 0 Å². The number of alkyl carbamates (subject to hydrolysis) is 1. The fourth-order valence-corrected chi connectivity index (χ4v) is 3.48. The lowest BCUT2D eigenvalue weighted by molar-refractivity contribution is 0.0534. The van der Waals surface area contributed by atoms with Crippen LogP contribution in [-0.2, 0) is 10.2 Å². The highest BCUT2D eigenvalue weighted by molar-refractivity contribution is 5.81. The predicted octanol–water partition coefficient (Wildman–Crippen LogP) is 5.53. The largest absolute Gasteiger partial charge is 0.444 e. The van der Waals surface area contributed by atoms with Gasteiger partial charge in [0.2, 0.25) is 0 Å². The first-order chi connectivity index (χ1) is 12.2. The van der Waals surface area contributed by atoms with Gasteiger partial charge in [-0.3, -0.25) is 0 Å². The maximum absolute atomic E-state index is 11.7. The molecule has 0 unspecified atom stereocenters. The molecule has 1 N–H and O–H groups in total. The first-order valence-corrected chi connectivity index (χ1v) is 9.06. The maximum atomic E-state index is 11.7. The Labute approximate surface area is 156 Å². The second-order valence-electron chi connectivity index (χ2n) is 8.26. The average molecular weight is 349 g/mol. The van der Waals surface area contributed by atoms with Gasteiger partial charge in [-0.05, 0) is 48.6 Å². The number of carbonyl (C=O) groups is 1. The van der Waals surface area contributed by atoms with Gasteiger partial charge in [-0.25, -0.2) is 4.79 Å². The smallest absolute Gasteiger partial charge is 0.407 e. The van der Waals surface area contributed by atoms with E-state index >= 15 is 0 Å². The summed E-state index contributed by atoms with van der Waals surface area (Å²) in [6, 6.07) is 15.2. The number of benzene rings is 2. The van der Waals surface area contributed by atoms with Gasteiger partial charge in [-0.1, -0.05) is 68.5 Å². The summed E-state index contributed by atoms with van der Waals surface area (Å²) in [6.07, 6.45) is 3.59. The van der Waals surface area contributed by atoms with Crippen molar-refractivity contribution >= 4 is 12.2 Å². The molecule has 0 heterocycles. The van der Waals surface area contributed by atoms with Gasteiger partial charge >= 0.3 is 6.09 Å². The predicted molar refractivity (Wildman–Crippen MR) is 107 cm³/mol. The van der Waals surface area contributed by atoms with Crippen molar-refractivity contribution in [1.82, 2.24) is 5.32 Å². The van der Waals surface area contributed by atoms with E-state index in [1.807, 2.05) is 32.9 Å². The van der Waals surface area contributed by atoms with Crippen LogP contribution in [0.25, 0.3) is 17.2 Å². The quantitative estimate of drug-likeness (QED) is 0.791. The normalized spacial score (nSPS) is 14.8. The second kappa shape index (κ2) is 6.64. The maximum Gasteiger partial charge on any atom is 0.407 e. The molecule has 0 atom stereocenters. The van der Waals surface area contributed by atoms with Crippen LogP contribution >= 0.6 is 0 Å². The summed E-state index contributed by atoms with van der Waals surface area (Å²) in [5, 5.41) is 2.74. The summed E-state index contributed by atoms with van der Waals surface area (Å²) >= 11 is 0. The topological polar surface area (TPSA) is 38.3 Å². The summed E-state index contributed by atoms with van der Waals surface area (Å²) in [6.45, 7) is 10.5. The third-order valence-corrected chi connectivity index (χ3v) is 4.68. The van der Waals surface area contributed by atoms with Crippen LogP contribution in [0.3, 0.4) is 0 Å². The van der Waals surface area contributed by atoms with E-state index in [4.69, 9.17) is 4.74 Å². The van der Waals surface area contributed by atoms with Crippen LogP contribution in [0, 0.1) is 0 Å². The zero-order chi connectivity index (χ0) is 18.9. The van der Waals surface area contributed by atoms with Gasteiger partial charge in [-0.2, -0.15) is 0 Å². The highest BCUT2D eigenvalue weighted by atomic mass is 16.6. The summed E-state index contributed by atoms with van der Waals surface area (Å²) in [5.41, 5.74) is 6.03. The van der Waals surface area contributed by atoms with Crippen molar-refractivity contribution < 1.29 is 9.53 Å². The number of rotatable bonds is 3. The molecule has 2 aromatic carbocycles. The van der Waals surface area contributed by atoms with E-state index in [9.17, 15) is 4.79 Å². The van der Waals surface area contributed by atoms with E-state index in [0.29, 0.717) is 6.54 Å². The molecule has 0 aliphatic heterocycles. The van der Waals surface area contributed by atoms with Gasteiger partial charge in [0.25, 0.3) is 0 Å². The Bertz CT molecular complexity index is 857. The summed E-state index contributed by atoms with van der Waals surface area (Å²) < 4.78 is 5.23. The van der Waals surface area contributed by atoms with Crippen LogP contribution in [0.5, 0.6) is 0 Å². The van der Waals surface area contributed by atoms with E-state index in [1.165, 1.54) is 22.3 Å². The molecular weight excluding hydrogens is 322 g/mol. The molecule has 1 aliphatic rings. The number of hydrogen-bond donors (Lipinski definition) is 1. The van der Waals surface area contributed by atoms with Crippen LogP contribution in [0.2, 0.25) is 0 Å². The van der Waals surface area contributed by atoms with Gasteiger partial charge in [0.15, 0.2) is 0 Å². The minimum absolute atomic E-state index is 0.00451. The van der Waals surface area contributed by atoms with Gasteiger partial charge < -0.3 is 10.1 Å². The Morgan fingerprint density at radius 3 is 2.50 bits per heavy atom. The SMILES string of the molecule is CC(C)(C)OC(=O)NCC=Cc1ccc2c(c1)C(C)(C)c1ccccc1-2. The second-order valence-corrected chi connectivity index (χ2v) is 8.26. The standard InChI is InChI=1S/C23H27NO2/c1-22(2,3)26-21(25)24-14-8-9-16-12-13-18-17-10-6-7-11-19(17)23(4,5)20(18)15-16/h6-13,15H,14H2,1-5H3,(H,24,25). The highest BCUT2D eigenvalue weighted by Crippen LogP contribution is 2.48. The summed E-state index contributed by atoms with van der Waals surface area (Å²) in [7, 11) is 0. The lowest BCUT2D eigenvalue weighted by Gasteiger charge is -2.21. The van der Waals surface area contributed by atoms with Crippen molar-refractivity contribution in [2.75, 3.05) is 6.54 Å². The molecule has 0 saturated heterocycles. The van der Waals surface area contributed by atoms with Gasteiger partial charge in [0.05, 0.1) is 0 Å². The van der Waals surface area contributed by atoms with Gasteiger partial charge in [-0.15, -0.1) is 0 Å². The molecule has 0 aromatic heterocycles. The van der Waals surface area contributed by atoms with Crippen molar-refractivity contribution in [1.29, 1.82) is 0 Å². The van der Waals surface area contributed by atoms with Crippen molar-refractivity contribution in [2.45, 2.75) is 45.6 Å². The zero-order valence-corrected chi connectivity index (χ0v) is 16.2. The molecule has 3 nitrogen and oxygen atoms in total. The van der Waals surface area contributed by atoms with Crippen LogP contribution in [0.15, 0.2) is 48.5 Å². The molecule has 0 fully saturated rings. The number of ether oxygens (including phenoxy) is 1. The number of hydrogen-bond acceptors (Lipinski definition) is 2. The Morgan fingerprint density at radius 1 is 1.08 bits per heavy atom. The molecule has 3 heteroatoms. The molecule has 3 rings (SSSR count). The van der Waals surface area contributed by atoms with E-state index < -0.39 is 11.7 Å². The fraction of sp³-hybridized carbons (Fsp3) is 0.348. The fourth-order valence-electron chi connectivity index (χ4n) is 3.48. The molecule has 2 aromatic rings. The first kappa shape index (κ1) is 18.2. The minimum Gasteiger partial charge on any atom is -0.444 e. The molecule has 0 spiro atoms.